The van der Waals surface area contributed by atoms with Gasteiger partial charge in [-0.2, -0.15) is 0 Å². The second kappa shape index (κ2) is 8.44. The molecule has 3 heterocycles. The fourth-order valence-electron chi connectivity index (χ4n) is 3.43. The van der Waals surface area contributed by atoms with E-state index in [9.17, 15) is 14.9 Å². The molecular formula is C20H20N4O4S. The van der Waals surface area contributed by atoms with Gasteiger partial charge in [0.05, 0.1) is 16.9 Å². The number of carbonyl (C=O) groups is 1. The SMILES string of the molecule is O=C1CCCN1CCCn1c(-c2ccco2)csc1=Nc1ccccc1[N+](=O)[O-]. The van der Waals surface area contributed by atoms with Gasteiger partial charge in [-0.15, -0.1) is 11.3 Å². The highest BCUT2D eigenvalue weighted by molar-refractivity contribution is 7.07. The number of benzene rings is 1. The molecule has 1 fully saturated rings. The molecule has 0 N–H and O–H groups in total. The van der Waals surface area contributed by atoms with E-state index < -0.39 is 4.92 Å². The van der Waals surface area contributed by atoms with Gasteiger partial charge < -0.3 is 13.9 Å². The molecule has 9 heteroatoms. The summed E-state index contributed by atoms with van der Waals surface area (Å²) in [5, 5.41) is 13.3. The lowest BCUT2D eigenvalue weighted by atomic mass is 10.3. The van der Waals surface area contributed by atoms with Crippen LogP contribution in [0.1, 0.15) is 19.3 Å². The Kier molecular flexibility index (Phi) is 5.57. The van der Waals surface area contributed by atoms with E-state index in [4.69, 9.17) is 4.42 Å². The van der Waals surface area contributed by atoms with Gasteiger partial charge in [-0.1, -0.05) is 12.1 Å². The van der Waals surface area contributed by atoms with Crippen molar-refractivity contribution in [2.45, 2.75) is 25.8 Å². The van der Waals surface area contributed by atoms with Crippen LogP contribution in [0.2, 0.25) is 0 Å². The molecule has 0 unspecified atom stereocenters. The Morgan fingerprint density at radius 1 is 1.21 bits per heavy atom. The molecule has 0 bridgehead atoms. The number of nitro benzene ring substituents is 1. The van der Waals surface area contributed by atoms with E-state index in [0.29, 0.717) is 35.8 Å². The van der Waals surface area contributed by atoms with Gasteiger partial charge in [0.1, 0.15) is 5.69 Å². The number of nitro groups is 1. The summed E-state index contributed by atoms with van der Waals surface area (Å²) in [5.74, 6) is 0.916. The fraction of sp³-hybridized carbons (Fsp3) is 0.300. The minimum absolute atomic E-state index is 0.0327. The summed E-state index contributed by atoms with van der Waals surface area (Å²) < 4.78 is 7.55. The number of nitrogens with zero attached hydrogens (tertiary/aromatic N) is 4. The molecule has 1 aliphatic rings. The molecule has 29 heavy (non-hydrogen) atoms. The number of rotatable bonds is 7. The van der Waals surface area contributed by atoms with Crippen LogP contribution in [0, 0.1) is 10.1 Å². The van der Waals surface area contributed by atoms with E-state index >= 15 is 0 Å². The van der Waals surface area contributed by atoms with Gasteiger partial charge in [-0.25, -0.2) is 4.99 Å². The maximum absolute atomic E-state index is 11.9. The number of hydrogen-bond acceptors (Lipinski definition) is 6. The smallest absolute Gasteiger partial charge is 0.294 e. The molecule has 150 valence electrons. The standard InChI is InChI=1S/C20H20N4O4S/c25-19-9-3-10-22(19)11-5-12-23-17(18-8-4-13-28-18)14-29-20(23)21-15-6-1-2-7-16(15)24(26)27/h1-2,4,6-8,13-14H,3,5,9-12H2. The van der Waals surface area contributed by atoms with Crippen molar-refractivity contribution in [3.8, 4) is 11.5 Å². The lowest BCUT2D eigenvalue weighted by Gasteiger charge is -2.16. The van der Waals surface area contributed by atoms with Gasteiger partial charge in [0.2, 0.25) is 5.91 Å². The fourth-order valence-corrected chi connectivity index (χ4v) is 4.36. The number of furan rings is 1. The Labute approximate surface area is 170 Å². The maximum atomic E-state index is 11.9. The number of aromatic nitrogens is 1. The molecular weight excluding hydrogens is 392 g/mol. The topological polar surface area (TPSA) is 93.9 Å². The third-order valence-corrected chi connectivity index (χ3v) is 5.71. The van der Waals surface area contributed by atoms with Crippen molar-refractivity contribution >= 4 is 28.6 Å². The Hall–Kier alpha value is -3.20. The summed E-state index contributed by atoms with van der Waals surface area (Å²) in [5.41, 5.74) is 1.15. The maximum Gasteiger partial charge on any atom is 0.294 e. The summed E-state index contributed by atoms with van der Waals surface area (Å²) in [7, 11) is 0. The molecule has 8 nitrogen and oxygen atoms in total. The molecule has 3 aromatic rings. The van der Waals surface area contributed by atoms with Gasteiger partial charge in [-0.3, -0.25) is 14.9 Å². The second-order valence-electron chi connectivity index (χ2n) is 6.73. The molecule has 0 atom stereocenters. The molecule has 1 amide bonds. The van der Waals surface area contributed by atoms with Crippen molar-refractivity contribution in [2.24, 2.45) is 4.99 Å². The first kappa shape index (κ1) is 19.1. The van der Waals surface area contributed by atoms with Crippen LogP contribution in [0.3, 0.4) is 0 Å². The summed E-state index contributed by atoms with van der Waals surface area (Å²) in [4.78, 5) is 29.9. The van der Waals surface area contributed by atoms with Gasteiger partial charge in [0, 0.05) is 37.5 Å². The monoisotopic (exact) mass is 412 g/mol. The van der Waals surface area contributed by atoms with Crippen LogP contribution in [-0.2, 0) is 11.3 Å². The highest BCUT2D eigenvalue weighted by Crippen LogP contribution is 2.27. The summed E-state index contributed by atoms with van der Waals surface area (Å²) in [6.07, 6.45) is 3.92. The van der Waals surface area contributed by atoms with Crippen LogP contribution in [0.25, 0.3) is 11.5 Å². The van der Waals surface area contributed by atoms with Crippen LogP contribution < -0.4 is 4.80 Å². The van der Waals surface area contributed by atoms with Crippen LogP contribution in [0.15, 0.2) is 57.5 Å². The summed E-state index contributed by atoms with van der Waals surface area (Å²) in [6, 6.07) is 10.1. The van der Waals surface area contributed by atoms with Gasteiger partial charge in [0.25, 0.3) is 5.69 Å². The normalized spacial score (nSPS) is 14.7. The Morgan fingerprint density at radius 2 is 2.07 bits per heavy atom. The molecule has 1 saturated heterocycles. The molecule has 0 saturated carbocycles. The first-order valence-electron chi connectivity index (χ1n) is 9.41. The third kappa shape index (κ3) is 4.14. The lowest BCUT2D eigenvalue weighted by molar-refractivity contribution is -0.384. The van der Waals surface area contributed by atoms with Crippen LogP contribution in [0.5, 0.6) is 0 Å². The molecule has 4 rings (SSSR count). The number of amides is 1. The van der Waals surface area contributed by atoms with E-state index in [1.807, 2.05) is 27.0 Å². The number of para-hydroxylation sites is 2. The zero-order valence-electron chi connectivity index (χ0n) is 15.7. The Morgan fingerprint density at radius 3 is 2.79 bits per heavy atom. The second-order valence-corrected chi connectivity index (χ2v) is 7.56. The van der Waals surface area contributed by atoms with Crippen molar-refractivity contribution in [2.75, 3.05) is 13.1 Å². The number of likely N-dealkylation sites (tertiary alicyclic amines) is 1. The number of hydrogen-bond donors (Lipinski definition) is 0. The number of carbonyl (C=O) groups excluding carboxylic acids is 1. The van der Waals surface area contributed by atoms with Crippen LogP contribution in [-0.4, -0.2) is 33.4 Å². The van der Waals surface area contributed by atoms with Crippen molar-refractivity contribution < 1.29 is 14.1 Å². The molecule has 0 aliphatic carbocycles. The Balaban J connectivity index is 1.67. The van der Waals surface area contributed by atoms with E-state index in [2.05, 4.69) is 4.99 Å². The minimum atomic E-state index is -0.427. The molecule has 0 radical (unpaired) electrons. The highest BCUT2D eigenvalue weighted by Gasteiger charge is 2.20. The van der Waals surface area contributed by atoms with E-state index in [-0.39, 0.29) is 11.6 Å². The summed E-state index contributed by atoms with van der Waals surface area (Å²) in [6.45, 7) is 2.12. The average molecular weight is 412 g/mol. The molecule has 1 aliphatic heterocycles. The third-order valence-electron chi connectivity index (χ3n) is 4.85. The predicted molar refractivity (Wildman–Crippen MR) is 109 cm³/mol. The largest absolute Gasteiger partial charge is 0.463 e. The van der Waals surface area contributed by atoms with Crippen LogP contribution >= 0.6 is 11.3 Å². The molecule has 1 aromatic carbocycles. The zero-order valence-corrected chi connectivity index (χ0v) is 16.5. The predicted octanol–water partition coefficient (Wildman–Crippen LogP) is 3.96. The van der Waals surface area contributed by atoms with Gasteiger partial charge in [0.15, 0.2) is 10.6 Å². The first-order valence-corrected chi connectivity index (χ1v) is 10.3. The minimum Gasteiger partial charge on any atom is -0.463 e. The quantitative estimate of drug-likeness (QED) is 0.433. The average Bonchev–Trinajstić information content (AvgIpc) is 3.45. The van der Waals surface area contributed by atoms with E-state index in [1.165, 1.54) is 17.4 Å². The van der Waals surface area contributed by atoms with E-state index in [0.717, 1.165) is 25.1 Å². The number of thiazole rings is 1. The molecule has 2 aromatic heterocycles. The van der Waals surface area contributed by atoms with Gasteiger partial charge in [-0.05, 0) is 31.0 Å². The lowest BCUT2D eigenvalue weighted by Crippen LogP contribution is -2.27. The van der Waals surface area contributed by atoms with Crippen molar-refractivity contribution in [3.63, 3.8) is 0 Å². The van der Waals surface area contributed by atoms with Gasteiger partial charge >= 0.3 is 0 Å². The summed E-state index contributed by atoms with van der Waals surface area (Å²) >= 11 is 1.41. The van der Waals surface area contributed by atoms with Crippen molar-refractivity contribution in [1.82, 2.24) is 9.47 Å². The van der Waals surface area contributed by atoms with Crippen molar-refractivity contribution in [1.29, 1.82) is 0 Å². The molecule has 0 spiro atoms. The highest BCUT2D eigenvalue weighted by atomic mass is 32.1. The van der Waals surface area contributed by atoms with E-state index in [1.54, 1.807) is 24.5 Å². The zero-order chi connectivity index (χ0) is 20.2. The van der Waals surface area contributed by atoms with Crippen LogP contribution in [0.4, 0.5) is 11.4 Å². The first-order chi connectivity index (χ1) is 14.1. The Bertz CT molecular complexity index is 1080. The van der Waals surface area contributed by atoms with Crippen molar-refractivity contribution in [3.05, 3.63) is 63.0 Å².